The van der Waals surface area contributed by atoms with E-state index in [1.54, 1.807) is 41.5 Å². The van der Waals surface area contributed by atoms with E-state index in [0.29, 0.717) is 0 Å². The van der Waals surface area contributed by atoms with Gasteiger partial charge in [-0.2, -0.15) is 0 Å². The summed E-state index contributed by atoms with van der Waals surface area (Å²) in [6.45, 7) is 8.51. The van der Waals surface area contributed by atoms with Gasteiger partial charge in [-0.1, -0.05) is 13.8 Å². The van der Waals surface area contributed by atoms with Crippen LogP contribution in [0.15, 0.2) is 21.9 Å². The van der Waals surface area contributed by atoms with Crippen LogP contribution < -0.4 is 17.0 Å². The van der Waals surface area contributed by atoms with Gasteiger partial charge in [-0.05, 0) is 40.5 Å². The van der Waals surface area contributed by atoms with Crippen LogP contribution in [0, 0.1) is 5.92 Å². The molecule has 2 heterocycles. The molecule has 1 aromatic rings. The molecule has 45 heavy (non-hydrogen) atoms. The molecule has 0 spiro atoms. The third-order valence-corrected chi connectivity index (χ3v) is 7.93. The number of aliphatic hydroxyl groups is 1. The Morgan fingerprint density at radius 3 is 2.04 bits per heavy atom. The first-order valence-electron chi connectivity index (χ1n) is 13.8. The second-order valence-corrected chi connectivity index (χ2v) is 12.8. The number of nitrogens with two attached hydrogens (primary N) is 1. The number of H-pyrrole nitrogens is 1. The van der Waals surface area contributed by atoms with Crippen molar-refractivity contribution < 1.29 is 66.0 Å². The predicted octanol–water partition coefficient (Wildman–Crippen LogP) is 1.03. The minimum absolute atomic E-state index is 0.418. The quantitative estimate of drug-likeness (QED) is 0.108. The van der Waals surface area contributed by atoms with E-state index in [2.05, 4.69) is 0 Å². The van der Waals surface area contributed by atoms with Crippen LogP contribution in [-0.4, -0.2) is 88.2 Å². The summed E-state index contributed by atoms with van der Waals surface area (Å²) >= 11 is 0. The minimum atomic E-state index is -4.94. The standard InChI is InChI=1S/C25H38N3O16P/c1-12(2)16(26)19(30)43-25-17(42-20(24(25,7)34)28-9-8-15(29)27-21(28)31)18(25)44-45(35,38-10-36-22(32)40-13(3)4)39-11-37-23(33)41-14(5)6/h8-9,12-14,16-18,20,34H,10-11,26H2,1-7H3,(H,27,29,31)/t16-,17-,18?,20-,24+,25+/m1/s1. The Kier molecular flexibility index (Phi) is 11.2. The lowest BCUT2D eigenvalue weighted by molar-refractivity contribution is -0.190. The summed E-state index contributed by atoms with van der Waals surface area (Å²) in [5.74, 6) is -1.42. The number of esters is 1. The Morgan fingerprint density at radius 1 is 1.04 bits per heavy atom. The molecule has 0 radical (unpaired) electrons. The maximum Gasteiger partial charge on any atom is 0.510 e. The summed E-state index contributed by atoms with van der Waals surface area (Å²) in [5, 5.41) is 11.7. The molecule has 2 fully saturated rings. The highest BCUT2D eigenvalue weighted by atomic mass is 31.2. The number of ether oxygens (including phenoxy) is 6. The topological polar surface area (TPSA) is 252 Å². The average molecular weight is 668 g/mol. The zero-order chi connectivity index (χ0) is 33.9. The van der Waals surface area contributed by atoms with Crippen molar-refractivity contribution in [3.63, 3.8) is 0 Å². The van der Waals surface area contributed by atoms with Gasteiger partial charge in [0.25, 0.3) is 5.56 Å². The first kappa shape index (κ1) is 36.2. The summed E-state index contributed by atoms with van der Waals surface area (Å²) in [6.07, 6.45) is -7.03. The fourth-order valence-corrected chi connectivity index (χ4v) is 5.40. The minimum Gasteiger partial charge on any atom is -0.449 e. The van der Waals surface area contributed by atoms with E-state index < -0.39 is 105 Å². The highest BCUT2D eigenvalue weighted by molar-refractivity contribution is 7.48. The molecule has 19 nitrogen and oxygen atoms in total. The molecule has 1 aromatic heterocycles. The highest BCUT2D eigenvalue weighted by Gasteiger charge is 2.87. The maximum atomic E-state index is 13.7. The van der Waals surface area contributed by atoms with Crippen LogP contribution in [0.1, 0.15) is 54.7 Å². The lowest BCUT2D eigenvalue weighted by atomic mass is 9.94. The third kappa shape index (κ3) is 8.10. The molecule has 0 aromatic carbocycles. The molecule has 6 atom stereocenters. The van der Waals surface area contributed by atoms with Crippen molar-refractivity contribution in [2.45, 2.75) is 96.4 Å². The van der Waals surface area contributed by atoms with Gasteiger partial charge in [0.15, 0.2) is 11.8 Å². The van der Waals surface area contributed by atoms with Crippen molar-refractivity contribution in [3.05, 3.63) is 33.1 Å². The van der Waals surface area contributed by atoms with Crippen molar-refractivity contribution in [2.24, 2.45) is 11.7 Å². The summed E-state index contributed by atoms with van der Waals surface area (Å²) in [5.41, 5.74) is -0.201. The number of phosphoric acid groups is 1. The molecule has 1 aliphatic heterocycles. The number of aromatic nitrogens is 2. The van der Waals surface area contributed by atoms with Gasteiger partial charge in [0.1, 0.15) is 18.2 Å². The normalized spacial score (nSPS) is 26.4. The molecule has 2 aliphatic rings. The number of carbonyl (C=O) groups is 3. The van der Waals surface area contributed by atoms with Crippen LogP contribution in [0.25, 0.3) is 0 Å². The van der Waals surface area contributed by atoms with Gasteiger partial charge < -0.3 is 39.3 Å². The summed E-state index contributed by atoms with van der Waals surface area (Å²) in [4.78, 5) is 62.7. The van der Waals surface area contributed by atoms with Crippen molar-refractivity contribution in [2.75, 3.05) is 13.6 Å². The van der Waals surface area contributed by atoms with E-state index in [1.165, 1.54) is 0 Å². The van der Waals surface area contributed by atoms with Crippen molar-refractivity contribution in [3.8, 4) is 0 Å². The number of nitrogens with zero attached hydrogens (tertiary/aromatic N) is 1. The molecule has 0 bridgehead atoms. The fourth-order valence-electron chi connectivity index (χ4n) is 4.29. The average Bonchev–Trinajstić information content (AvgIpc) is 3.42. The van der Waals surface area contributed by atoms with Crippen LogP contribution in [0.2, 0.25) is 0 Å². The Bertz CT molecular complexity index is 1370. The van der Waals surface area contributed by atoms with E-state index >= 15 is 0 Å². The van der Waals surface area contributed by atoms with Gasteiger partial charge in [-0.3, -0.25) is 23.7 Å². The first-order chi connectivity index (χ1) is 20.8. The van der Waals surface area contributed by atoms with E-state index in [1.807, 2.05) is 4.98 Å². The number of carbonyl (C=O) groups excluding carboxylic acids is 3. The lowest BCUT2D eigenvalue weighted by Gasteiger charge is -2.35. The highest BCUT2D eigenvalue weighted by Crippen LogP contribution is 2.67. The van der Waals surface area contributed by atoms with E-state index in [-0.39, 0.29) is 0 Å². The largest absolute Gasteiger partial charge is 0.510 e. The zero-order valence-corrected chi connectivity index (χ0v) is 26.5. The SMILES string of the molecule is CC(C)OC(=O)OCOP(=O)(OCOC(=O)OC(C)C)OC1[C@H]2O[C@@H](n3ccc(=O)[nH]c3=O)[C@](C)(O)[C@@]12OC(=O)[C@H](N)C(C)C. The lowest BCUT2D eigenvalue weighted by Crippen LogP contribution is -2.54. The number of nitrogens with one attached hydrogen (secondary N) is 1. The second kappa shape index (κ2) is 14.0. The summed E-state index contributed by atoms with van der Waals surface area (Å²) in [7, 11) is -4.94. The summed E-state index contributed by atoms with van der Waals surface area (Å²) < 4.78 is 60.8. The van der Waals surface area contributed by atoms with Crippen molar-refractivity contribution in [1.82, 2.24) is 9.55 Å². The van der Waals surface area contributed by atoms with Crippen molar-refractivity contribution in [1.29, 1.82) is 0 Å². The number of rotatable bonds is 14. The number of hydrogen-bond acceptors (Lipinski definition) is 17. The molecule has 0 amide bonds. The van der Waals surface area contributed by atoms with Gasteiger partial charge in [0.2, 0.25) is 19.2 Å². The number of hydrogen-bond donors (Lipinski definition) is 3. The van der Waals surface area contributed by atoms with Gasteiger partial charge in [-0.25, -0.2) is 28.0 Å². The van der Waals surface area contributed by atoms with Crippen LogP contribution in [0.5, 0.6) is 0 Å². The van der Waals surface area contributed by atoms with Gasteiger partial charge in [0, 0.05) is 12.3 Å². The van der Waals surface area contributed by atoms with E-state index in [0.717, 1.165) is 23.8 Å². The van der Waals surface area contributed by atoms with E-state index in [9.17, 15) is 33.6 Å². The van der Waals surface area contributed by atoms with Crippen molar-refractivity contribution >= 4 is 26.1 Å². The van der Waals surface area contributed by atoms with Gasteiger partial charge in [0.05, 0.1) is 12.2 Å². The second-order valence-electron chi connectivity index (χ2n) is 11.1. The van der Waals surface area contributed by atoms with Crippen LogP contribution in [0.3, 0.4) is 0 Å². The molecule has 254 valence electrons. The van der Waals surface area contributed by atoms with Crippen LogP contribution in [-0.2, 0) is 51.4 Å². The number of fused-ring (bicyclic) bond motifs is 1. The predicted molar refractivity (Wildman–Crippen MR) is 147 cm³/mol. The Hall–Kier alpha value is -3.32. The van der Waals surface area contributed by atoms with E-state index in [4.69, 9.17) is 47.7 Å². The molecule has 1 aliphatic carbocycles. The molecule has 1 saturated heterocycles. The zero-order valence-electron chi connectivity index (χ0n) is 25.7. The van der Waals surface area contributed by atoms with Gasteiger partial charge >= 0.3 is 31.8 Å². The molecule has 20 heteroatoms. The fraction of sp³-hybridized carbons (Fsp3) is 0.720. The Balaban J connectivity index is 1.91. The smallest absolute Gasteiger partial charge is 0.449 e. The number of aromatic amines is 1. The Labute approximate surface area is 256 Å². The summed E-state index contributed by atoms with van der Waals surface area (Å²) in [6, 6.07) is -0.191. The van der Waals surface area contributed by atoms with Gasteiger partial charge in [-0.15, -0.1) is 0 Å². The Morgan fingerprint density at radius 2 is 1.58 bits per heavy atom. The number of phosphoric ester groups is 1. The molecule has 3 rings (SSSR count). The molecular weight excluding hydrogens is 629 g/mol. The molecular formula is C25H38N3O16P. The molecule has 4 N–H and O–H groups in total. The maximum absolute atomic E-state index is 13.7. The molecule has 1 saturated carbocycles. The third-order valence-electron chi connectivity index (χ3n) is 6.60. The van der Waals surface area contributed by atoms with Crippen LogP contribution >= 0.6 is 7.82 Å². The van der Waals surface area contributed by atoms with Crippen LogP contribution in [0.4, 0.5) is 9.59 Å². The first-order valence-corrected chi connectivity index (χ1v) is 15.2. The monoisotopic (exact) mass is 667 g/mol. The molecule has 1 unspecified atom stereocenters.